The van der Waals surface area contributed by atoms with Crippen LogP contribution in [-0.2, 0) is 10.2 Å². The summed E-state index contributed by atoms with van der Waals surface area (Å²) in [5, 5.41) is 2.91. The average molecular weight is 404 g/mol. The van der Waals surface area contributed by atoms with Gasteiger partial charge in [0.1, 0.15) is 17.4 Å². The zero-order chi connectivity index (χ0) is 21.1. The van der Waals surface area contributed by atoms with Crippen molar-refractivity contribution in [3.05, 3.63) is 71.9 Å². The highest BCUT2D eigenvalue weighted by atomic mass is 16.5. The Kier molecular flexibility index (Phi) is 5.35. The van der Waals surface area contributed by atoms with Crippen molar-refractivity contribution in [2.45, 2.75) is 25.7 Å². The van der Waals surface area contributed by atoms with Gasteiger partial charge in [-0.05, 0) is 50.1 Å². The summed E-state index contributed by atoms with van der Waals surface area (Å²) < 4.78 is 11.5. The number of methoxy groups -OCH3 is 1. The fourth-order valence-corrected chi connectivity index (χ4v) is 3.71. The van der Waals surface area contributed by atoms with Gasteiger partial charge in [0.15, 0.2) is 5.75 Å². The Balaban J connectivity index is 1.58. The molecule has 1 amide bonds. The van der Waals surface area contributed by atoms with Gasteiger partial charge in [0.05, 0.1) is 31.5 Å². The average Bonchev–Trinajstić information content (AvgIpc) is 3.50. The molecule has 1 saturated carbocycles. The second kappa shape index (κ2) is 8.10. The number of anilines is 1. The maximum absolute atomic E-state index is 13.0. The molecular formula is C23H24N4O3. The number of carbonyl (C=O) groups excluding carboxylic acids is 1. The lowest BCUT2D eigenvalue weighted by Crippen LogP contribution is -2.27. The number of hydrogen-bond donors (Lipinski definition) is 1. The number of aromatic nitrogens is 3. The van der Waals surface area contributed by atoms with E-state index in [0.717, 1.165) is 17.0 Å². The van der Waals surface area contributed by atoms with Gasteiger partial charge in [-0.1, -0.05) is 18.2 Å². The lowest BCUT2D eigenvalue weighted by Gasteiger charge is -2.20. The van der Waals surface area contributed by atoms with E-state index in [2.05, 4.69) is 20.3 Å². The molecule has 0 spiro atoms. The van der Waals surface area contributed by atoms with Crippen molar-refractivity contribution < 1.29 is 14.3 Å². The lowest BCUT2D eigenvalue weighted by molar-refractivity contribution is -0.117. The zero-order valence-corrected chi connectivity index (χ0v) is 17.3. The molecule has 1 fully saturated rings. The maximum atomic E-state index is 13.0. The van der Waals surface area contributed by atoms with Crippen LogP contribution in [0.1, 0.15) is 23.5 Å². The number of nitrogens with zero attached hydrogens (tertiary/aromatic N) is 3. The van der Waals surface area contributed by atoms with E-state index >= 15 is 0 Å². The van der Waals surface area contributed by atoms with E-state index in [4.69, 9.17) is 9.47 Å². The predicted octanol–water partition coefficient (Wildman–Crippen LogP) is 3.47. The van der Waals surface area contributed by atoms with Crippen LogP contribution in [0.25, 0.3) is 0 Å². The van der Waals surface area contributed by atoms with Gasteiger partial charge in [0.25, 0.3) is 0 Å². The molecule has 1 aliphatic rings. The number of rotatable bonds is 7. The molecule has 0 aliphatic heterocycles. The summed E-state index contributed by atoms with van der Waals surface area (Å²) in [6, 6.07) is 13.2. The molecule has 0 saturated heterocycles. The van der Waals surface area contributed by atoms with Crippen LogP contribution < -0.4 is 14.8 Å². The molecule has 2 atom stereocenters. The summed E-state index contributed by atoms with van der Waals surface area (Å²) in [7, 11) is 1.63. The molecule has 7 nitrogen and oxygen atoms in total. The van der Waals surface area contributed by atoms with Gasteiger partial charge in [-0.3, -0.25) is 4.79 Å². The number of nitrogens with one attached hydrogen (secondary N) is 1. The summed E-state index contributed by atoms with van der Waals surface area (Å²) in [5.74, 6) is 2.30. The fourth-order valence-electron chi connectivity index (χ4n) is 3.71. The molecular weight excluding hydrogens is 380 g/mol. The number of ether oxygens (including phenoxy) is 2. The van der Waals surface area contributed by atoms with Crippen LogP contribution in [0.5, 0.6) is 11.5 Å². The van der Waals surface area contributed by atoms with E-state index in [1.165, 1.54) is 0 Å². The van der Waals surface area contributed by atoms with Gasteiger partial charge < -0.3 is 14.8 Å². The second-order valence-corrected chi connectivity index (χ2v) is 7.50. The van der Waals surface area contributed by atoms with E-state index in [1.54, 1.807) is 25.6 Å². The topological polar surface area (TPSA) is 86.2 Å². The highest BCUT2D eigenvalue weighted by Gasteiger charge is 2.60. The molecule has 3 aromatic rings. The summed E-state index contributed by atoms with van der Waals surface area (Å²) in [4.78, 5) is 25.8. The molecule has 2 aromatic heterocycles. The third kappa shape index (κ3) is 3.96. The van der Waals surface area contributed by atoms with Crippen LogP contribution >= 0.6 is 0 Å². The van der Waals surface area contributed by atoms with Crippen molar-refractivity contribution in [2.24, 2.45) is 5.92 Å². The summed E-state index contributed by atoms with van der Waals surface area (Å²) in [6.07, 6.45) is 4.01. The second-order valence-electron chi connectivity index (χ2n) is 7.50. The summed E-state index contributed by atoms with van der Waals surface area (Å²) in [5.41, 5.74) is 1.33. The van der Waals surface area contributed by atoms with Crippen molar-refractivity contribution in [1.82, 2.24) is 15.0 Å². The zero-order valence-electron chi connectivity index (χ0n) is 17.3. The van der Waals surface area contributed by atoms with Crippen LogP contribution in [0.3, 0.4) is 0 Å². The molecule has 154 valence electrons. The molecule has 7 heteroatoms. The van der Waals surface area contributed by atoms with Gasteiger partial charge in [0.2, 0.25) is 5.91 Å². The van der Waals surface area contributed by atoms with Gasteiger partial charge >= 0.3 is 0 Å². The molecule has 0 unspecified atom stereocenters. The van der Waals surface area contributed by atoms with Crippen LogP contribution in [0, 0.1) is 19.8 Å². The number of benzene rings is 1. The standard InChI is InChI=1S/C23H24N4O3/c1-15-20(13-25-16(2)26-15)30-14-23(17-7-6-8-18(11-17)29-3)12-19(23)22(28)27-21-9-4-5-10-24-21/h4-11,13,19H,12,14H2,1-3H3,(H,24,27,28)/t19-,23+/m0/s1. The Bertz CT molecular complexity index is 1060. The smallest absolute Gasteiger partial charge is 0.229 e. The summed E-state index contributed by atoms with van der Waals surface area (Å²) in [6.45, 7) is 4.07. The van der Waals surface area contributed by atoms with Gasteiger partial charge in [-0.25, -0.2) is 15.0 Å². The molecule has 0 radical (unpaired) electrons. The van der Waals surface area contributed by atoms with Crippen LogP contribution in [0.15, 0.2) is 54.9 Å². The van der Waals surface area contributed by atoms with E-state index in [0.29, 0.717) is 30.4 Å². The van der Waals surface area contributed by atoms with E-state index in [9.17, 15) is 4.79 Å². The van der Waals surface area contributed by atoms with Gasteiger partial charge in [0, 0.05) is 11.6 Å². The number of carbonyl (C=O) groups is 1. The quantitative estimate of drug-likeness (QED) is 0.649. The van der Waals surface area contributed by atoms with Gasteiger partial charge in [-0.2, -0.15) is 0 Å². The SMILES string of the molecule is COc1cccc([C@]2(COc3cnc(C)nc3C)C[C@H]2C(=O)Nc2ccccn2)c1. The minimum absolute atomic E-state index is 0.0722. The van der Waals surface area contributed by atoms with E-state index in [1.807, 2.05) is 50.2 Å². The Morgan fingerprint density at radius 2 is 2.07 bits per heavy atom. The number of amides is 1. The third-order valence-corrected chi connectivity index (χ3v) is 5.49. The molecule has 1 aromatic carbocycles. The molecule has 0 bridgehead atoms. The van der Waals surface area contributed by atoms with Crippen molar-refractivity contribution in [1.29, 1.82) is 0 Å². The molecule has 1 N–H and O–H groups in total. The van der Waals surface area contributed by atoms with E-state index < -0.39 is 5.41 Å². The Morgan fingerprint density at radius 3 is 2.80 bits per heavy atom. The highest BCUT2D eigenvalue weighted by Crippen LogP contribution is 2.55. The Labute approximate surface area is 175 Å². The Morgan fingerprint density at radius 1 is 1.20 bits per heavy atom. The fraction of sp³-hybridized carbons (Fsp3) is 0.304. The highest BCUT2D eigenvalue weighted by molar-refractivity contribution is 5.95. The predicted molar refractivity (Wildman–Crippen MR) is 113 cm³/mol. The van der Waals surface area contributed by atoms with Crippen molar-refractivity contribution >= 4 is 11.7 Å². The third-order valence-electron chi connectivity index (χ3n) is 5.49. The summed E-state index contributed by atoms with van der Waals surface area (Å²) >= 11 is 0. The number of hydrogen-bond acceptors (Lipinski definition) is 6. The first kappa shape index (κ1) is 19.8. The van der Waals surface area contributed by atoms with Crippen LogP contribution in [-0.4, -0.2) is 34.6 Å². The molecule has 4 rings (SSSR count). The lowest BCUT2D eigenvalue weighted by atomic mass is 9.93. The van der Waals surface area contributed by atoms with Crippen LogP contribution in [0.2, 0.25) is 0 Å². The first-order valence-electron chi connectivity index (χ1n) is 9.81. The van der Waals surface area contributed by atoms with Crippen molar-refractivity contribution in [2.75, 3.05) is 19.0 Å². The molecule has 2 heterocycles. The van der Waals surface area contributed by atoms with Crippen LogP contribution in [0.4, 0.5) is 5.82 Å². The maximum Gasteiger partial charge on any atom is 0.229 e. The number of pyridine rings is 1. The first-order valence-corrected chi connectivity index (χ1v) is 9.81. The largest absolute Gasteiger partial charge is 0.497 e. The first-order chi connectivity index (χ1) is 14.5. The monoisotopic (exact) mass is 404 g/mol. The minimum atomic E-state index is -0.454. The van der Waals surface area contributed by atoms with E-state index in [-0.39, 0.29) is 11.8 Å². The van der Waals surface area contributed by atoms with Crippen molar-refractivity contribution in [3.63, 3.8) is 0 Å². The molecule has 30 heavy (non-hydrogen) atoms. The van der Waals surface area contributed by atoms with Gasteiger partial charge in [-0.15, -0.1) is 0 Å². The Hall–Kier alpha value is -3.48. The van der Waals surface area contributed by atoms with Crippen molar-refractivity contribution in [3.8, 4) is 11.5 Å². The number of aryl methyl sites for hydroxylation is 2. The normalized spacial score (nSPS) is 19.8. The minimum Gasteiger partial charge on any atom is -0.497 e. The molecule has 1 aliphatic carbocycles.